The lowest BCUT2D eigenvalue weighted by atomic mass is 9.87. The summed E-state index contributed by atoms with van der Waals surface area (Å²) in [4.78, 5) is 16.7. The van der Waals surface area contributed by atoms with Crippen LogP contribution in [0.2, 0.25) is 0 Å². The van der Waals surface area contributed by atoms with Crippen LogP contribution in [0.25, 0.3) is 22.3 Å². The van der Waals surface area contributed by atoms with E-state index in [0.29, 0.717) is 22.7 Å². The van der Waals surface area contributed by atoms with E-state index in [1.807, 2.05) is 18.4 Å². The van der Waals surface area contributed by atoms with Crippen LogP contribution in [0.15, 0.2) is 36.7 Å². The van der Waals surface area contributed by atoms with Gasteiger partial charge < -0.3 is 19.7 Å². The number of alkyl halides is 1. The second-order valence-electron chi connectivity index (χ2n) is 9.49. The number of hydrogen-bond donors (Lipinski definition) is 2. The standard InChI is InChI=1S/C26H27F3N6O2/c1-14(2)35-15(3)32-23-18(27)10-17(11-20(23)35)22-19(28)13-31-25(34-22)33-21-5-4-16(12-30-21)24(36)26(29)6-8-37-9-7-26/h4-5,10-14,24,36H,6-9H2,1-3H3,(H,30,31,33,34)/t24-/m0/s1. The Labute approximate surface area is 211 Å². The third kappa shape index (κ3) is 4.76. The molecule has 0 unspecified atom stereocenters. The molecule has 2 N–H and O–H groups in total. The van der Waals surface area contributed by atoms with Crippen molar-refractivity contribution in [2.45, 2.75) is 51.4 Å². The number of aliphatic hydroxyl groups is 1. The van der Waals surface area contributed by atoms with Crippen molar-refractivity contribution in [3.05, 3.63) is 59.7 Å². The monoisotopic (exact) mass is 512 g/mol. The lowest BCUT2D eigenvalue weighted by Crippen LogP contribution is -2.37. The highest BCUT2D eigenvalue weighted by Crippen LogP contribution is 2.38. The number of hydrogen-bond acceptors (Lipinski definition) is 7. The van der Waals surface area contributed by atoms with Gasteiger partial charge >= 0.3 is 0 Å². The maximum Gasteiger partial charge on any atom is 0.229 e. The zero-order valence-electron chi connectivity index (χ0n) is 20.7. The molecule has 5 rings (SSSR count). The number of benzene rings is 1. The number of anilines is 2. The van der Waals surface area contributed by atoms with Crippen LogP contribution in [0.3, 0.4) is 0 Å². The van der Waals surface area contributed by atoms with Gasteiger partial charge in [0.1, 0.15) is 34.6 Å². The van der Waals surface area contributed by atoms with Crippen molar-refractivity contribution < 1.29 is 23.0 Å². The maximum absolute atomic E-state index is 15.1. The lowest BCUT2D eigenvalue weighted by molar-refractivity contribution is -0.0832. The Kier molecular flexibility index (Phi) is 6.59. The van der Waals surface area contributed by atoms with E-state index in [4.69, 9.17) is 4.74 Å². The van der Waals surface area contributed by atoms with E-state index < -0.39 is 23.4 Å². The van der Waals surface area contributed by atoms with Crippen molar-refractivity contribution in [1.82, 2.24) is 24.5 Å². The average Bonchev–Trinajstić information content (AvgIpc) is 3.22. The molecule has 0 saturated carbocycles. The molecule has 0 aliphatic carbocycles. The van der Waals surface area contributed by atoms with E-state index in [1.165, 1.54) is 12.3 Å². The molecule has 0 spiro atoms. The number of nitrogens with zero attached hydrogens (tertiary/aromatic N) is 5. The van der Waals surface area contributed by atoms with Crippen LogP contribution in [-0.4, -0.2) is 48.5 Å². The molecule has 3 aromatic heterocycles. The number of nitrogens with one attached hydrogen (secondary N) is 1. The van der Waals surface area contributed by atoms with Crippen LogP contribution in [0, 0.1) is 18.6 Å². The van der Waals surface area contributed by atoms with Crippen LogP contribution in [0.5, 0.6) is 0 Å². The summed E-state index contributed by atoms with van der Waals surface area (Å²) in [5, 5.41) is 13.4. The van der Waals surface area contributed by atoms with Gasteiger partial charge in [0.05, 0.1) is 11.7 Å². The molecule has 0 radical (unpaired) electrons. The molecule has 1 aliphatic rings. The highest BCUT2D eigenvalue weighted by molar-refractivity contribution is 5.83. The molecule has 1 atom stereocenters. The predicted octanol–water partition coefficient (Wildman–Crippen LogP) is 5.35. The summed E-state index contributed by atoms with van der Waals surface area (Å²) in [5.74, 6) is -0.288. The van der Waals surface area contributed by atoms with Crippen molar-refractivity contribution in [3.8, 4) is 11.3 Å². The molecule has 11 heteroatoms. The first-order valence-corrected chi connectivity index (χ1v) is 12.0. The van der Waals surface area contributed by atoms with Gasteiger partial charge in [-0.3, -0.25) is 0 Å². The largest absolute Gasteiger partial charge is 0.385 e. The highest BCUT2D eigenvalue weighted by atomic mass is 19.1. The fraction of sp³-hybridized carbons (Fsp3) is 0.385. The molecule has 37 heavy (non-hydrogen) atoms. The number of rotatable bonds is 6. The van der Waals surface area contributed by atoms with Crippen LogP contribution in [-0.2, 0) is 4.74 Å². The van der Waals surface area contributed by atoms with Gasteiger partial charge in [0.25, 0.3) is 0 Å². The fourth-order valence-corrected chi connectivity index (χ4v) is 4.73. The molecule has 4 aromatic rings. The van der Waals surface area contributed by atoms with E-state index in [0.717, 1.165) is 6.20 Å². The SMILES string of the molecule is Cc1nc2c(F)cc(-c3nc(Nc4ccc([C@H](O)C5(F)CCOCC5)cn4)ncc3F)cc2n1C(C)C. The Morgan fingerprint density at radius 2 is 1.81 bits per heavy atom. The first-order valence-electron chi connectivity index (χ1n) is 12.0. The summed E-state index contributed by atoms with van der Waals surface area (Å²) in [5.41, 5.74) is -0.532. The average molecular weight is 513 g/mol. The van der Waals surface area contributed by atoms with E-state index in [1.54, 1.807) is 25.1 Å². The maximum atomic E-state index is 15.1. The van der Waals surface area contributed by atoms with Crippen molar-refractivity contribution in [1.29, 1.82) is 0 Å². The molecular weight excluding hydrogens is 485 g/mol. The number of fused-ring (bicyclic) bond motifs is 1. The van der Waals surface area contributed by atoms with Crippen LogP contribution in [0.1, 0.15) is 50.2 Å². The van der Waals surface area contributed by atoms with E-state index >= 15 is 4.39 Å². The zero-order valence-corrected chi connectivity index (χ0v) is 20.7. The minimum Gasteiger partial charge on any atom is -0.385 e. The van der Waals surface area contributed by atoms with Gasteiger partial charge in [0.2, 0.25) is 5.95 Å². The number of aliphatic hydroxyl groups excluding tert-OH is 1. The Balaban J connectivity index is 1.42. The van der Waals surface area contributed by atoms with Gasteiger partial charge in [-0.05, 0) is 39.0 Å². The molecule has 0 amide bonds. The molecule has 1 aromatic carbocycles. The van der Waals surface area contributed by atoms with E-state index in [9.17, 15) is 13.9 Å². The normalized spacial score (nSPS) is 16.3. The molecule has 194 valence electrons. The van der Waals surface area contributed by atoms with Crippen molar-refractivity contribution >= 4 is 22.8 Å². The van der Waals surface area contributed by atoms with Gasteiger partial charge in [-0.2, -0.15) is 0 Å². The zero-order chi connectivity index (χ0) is 26.3. The first-order chi connectivity index (χ1) is 17.7. The molecule has 8 nitrogen and oxygen atoms in total. The van der Waals surface area contributed by atoms with Crippen molar-refractivity contribution in [3.63, 3.8) is 0 Å². The lowest BCUT2D eigenvalue weighted by Gasteiger charge is -2.33. The Morgan fingerprint density at radius 3 is 2.49 bits per heavy atom. The van der Waals surface area contributed by atoms with E-state index in [2.05, 4.69) is 25.3 Å². The summed E-state index contributed by atoms with van der Waals surface area (Å²) in [6, 6.07) is 5.99. The Morgan fingerprint density at radius 1 is 1.05 bits per heavy atom. The number of aromatic nitrogens is 5. The first kappa shape index (κ1) is 25.1. The molecular formula is C26H27F3N6O2. The molecule has 1 fully saturated rings. The number of halogens is 3. The van der Waals surface area contributed by atoms with Crippen LogP contribution < -0.4 is 5.32 Å². The number of imidazole rings is 1. The number of ether oxygens (including phenoxy) is 1. The van der Waals surface area contributed by atoms with Crippen molar-refractivity contribution in [2.24, 2.45) is 0 Å². The van der Waals surface area contributed by atoms with Gasteiger partial charge in [-0.25, -0.2) is 33.1 Å². The third-order valence-electron chi connectivity index (χ3n) is 6.62. The van der Waals surface area contributed by atoms with Gasteiger partial charge in [-0.1, -0.05) is 6.07 Å². The van der Waals surface area contributed by atoms with Gasteiger partial charge in [-0.15, -0.1) is 0 Å². The molecule has 1 aliphatic heterocycles. The van der Waals surface area contributed by atoms with Gasteiger partial charge in [0.15, 0.2) is 11.6 Å². The van der Waals surface area contributed by atoms with E-state index in [-0.39, 0.29) is 54.8 Å². The van der Waals surface area contributed by atoms with Crippen LogP contribution in [0.4, 0.5) is 24.9 Å². The Hall–Kier alpha value is -3.57. The molecule has 0 bridgehead atoms. The van der Waals surface area contributed by atoms with Crippen LogP contribution >= 0.6 is 0 Å². The minimum absolute atomic E-state index is 0.0263. The summed E-state index contributed by atoms with van der Waals surface area (Å²) < 4.78 is 51.8. The fourth-order valence-electron chi connectivity index (χ4n) is 4.73. The second-order valence-corrected chi connectivity index (χ2v) is 9.49. The highest BCUT2D eigenvalue weighted by Gasteiger charge is 2.40. The summed E-state index contributed by atoms with van der Waals surface area (Å²) in [7, 11) is 0. The summed E-state index contributed by atoms with van der Waals surface area (Å²) >= 11 is 0. The second kappa shape index (κ2) is 9.71. The number of pyridine rings is 1. The topological polar surface area (TPSA) is 98.0 Å². The summed E-state index contributed by atoms with van der Waals surface area (Å²) in [6.45, 7) is 6.21. The quantitative estimate of drug-likeness (QED) is 0.359. The third-order valence-corrected chi connectivity index (χ3v) is 6.62. The molecule has 4 heterocycles. The summed E-state index contributed by atoms with van der Waals surface area (Å²) in [6.07, 6.45) is 1.23. The smallest absolute Gasteiger partial charge is 0.229 e. The predicted molar refractivity (Wildman–Crippen MR) is 132 cm³/mol. The minimum atomic E-state index is -1.77. The number of aryl methyl sites for hydroxylation is 1. The molecule has 1 saturated heterocycles. The van der Waals surface area contributed by atoms with Crippen molar-refractivity contribution in [2.75, 3.05) is 18.5 Å². The Bertz CT molecular complexity index is 1430. The van der Waals surface area contributed by atoms with Gasteiger partial charge in [0, 0.05) is 49.4 Å².